The van der Waals surface area contributed by atoms with Crippen LogP contribution in [0.2, 0.25) is 5.15 Å². The van der Waals surface area contributed by atoms with Crippen LogP contribution in [0.1, 0.15) is 11.9 Å². The van der Waals surface area contributed by atoms with E-state index >= 15 is 0 Å². The van der Waals surface area contributed by atoms with Gasteiger partial charge < -0.3 is 24.7 Å². The van der Waals surface area contributed by atoms with Crippen LogP contribution in [0.3, 0.4) is 0 Å². The first kappa shape index (κ1) is 13.7. The maximum atomic E-state index is 10.0. The van der Waals surface area contributed by atoms with Crippen LogP contribution >= 0.6 is 11.6 Å². The molecule has 0 saturated carbocycles. The molecule has 20 heavy (non-hydrogen) atoms. The maximum absolute atomic E-state index is 10.0. The summed E-state index contributed by atoms with van der Waals surface area (Å²) in [6.45, 7) is -0.324. The van der Waals surface area contributed by atoms with Crippen LogP contribution in [-0.4, -0.2) is 62.2 Å². The second-order valence-electron chi connectivity index (χ2n) is 4.44. The van der Waals surface area contributed by atoms with Crippen molar-refractivity contribution in [3.8, 4) is 0 Å². The van der Waals surface area contributed by atoms with Gasteiger partial charge in [-0.25, -0.2) is 15.0 Å². The average Bonchev–Trinajstić information content (AvgIpc) is 3.02. The lowest BCUT2D eigenvalue weighted by Gasteiger charge is -2.17. The number of hydrogen-bond acceptors (Lipinski definition) is 7. The molecule has 1 saturated heterocycles. The summed E-state index contributed by atoms with van der Waals surface area (Å²) < 4.78 is 10.8. The molecule has 0 radical (unpaired) electrons. The van der Waals surface area contributed by atoms with Crippen LogP contribution in [0.25, 0.3) is 11.2 Å². The fraction of sp³-hybridized carbons (Fsp3) is 0.545. The summed E-state index contributed by atoms with van der Waals surface area (Å²) in [6, 6.07) is 0. The molecule has 0 unspecified atom stereocenters. The van der Waals surface area contributed by atoms with Crippen LogP contribution < -0.4 is 0 Å². The number of aliphatic hydroxyl groups excluding tert-OH is 2. The highest BCUT2D eigenvalue weighted by Crippen LogP contribution is 2.34. The van der Waals surface area contributed by atoms with Crippen molar-refractivity contribution in [2.75, 3.05) is 13.7 Å². The first-order chi connectivity index (χ1) is 9.65. The number of methoxy groups -OCH3 is 1. The highest BCUT2D eigenvalue weighted by molar-refractivity contribution is 6.33. The van der Waals surface area contributed by atoms with Crippen molar-refractivity contribution in [1.29, 1.82) is 0 Å². The van der Waals surface area contributed by atoms with E-state index in [1.165, 1.54) is 13.4 Å². The SMILES string of the molecule is CO[C@@H]1[C@H](O)[C@@H](CO)O[C@H]1c1nc(Cl)c2[nH]cnc2n1. The Labute approximate surface area is 118 Å². The van der Waals surface area contributed by atoms with Gasteiger partial charge in [0.1, 0.15) is 29.9 Å². The molecular formula is C11H13ClN4O4. The lowest BCUT2D eigenvalue weighted by atomic mass is 10.1. The van der Waals surface area contributed by atoms with Gasteiger partial charge >= 0.3 is 0 Å². The van der Waals surface area contributed by atoms with Gasteiger partial charge in [-0.1, -0.05) is 11.6 Å². The Bertz CT molecular complexity index is 621. The van der Waals surface area contributed by atoms with Crippen molar-refractivity contribution in [3.63, 3.8) is 0 Å². The van der Waals surface area contributed by atoms with E-state index in [1.807, 2.05) is 0 Å². The van der Waals surface area contributed by atoms with Crippen LogP contribution in [0.4, 0.5) is 0 Å². The van der Waals surface area contributed by atoms with E-state index in [0.717, 1.165) is 0 Å². The first-order valence-electron chi connectivity index (χ1n) is 5.99. The molecule has 0 spiro atoms. The molecule has 0 bridgehead atoms. The van der Waals surface area contributed by atoms with E-state index in [9.17, 15) is 10.2 Å². The van der Waals surface area contributed by atoms with Crippen molar-refractivity contribution < 1.29 is 19.7 Å². The molecule has 2 aromatic heterocycles. The minimum atomic E-state index is -0.966. The number of aromatic amines is 1. The monoisotopic (exact) mass is 300 g/mol. The highest BCUT2D eigenvalue weighted by atomic mass is 35.5. The van der Waals surface area contributed by atoms with Gasteiger partial charge in [-0.05, 0) is 0 Å². The summed E-state index contributed by atoms with van der Waals surface area (Å²) in [5.74, 6) is 0.261. The summed E-state index contributed by atoms with van der Waals surface area (Å²) in [6.07, 6.45) is -1.65. The standard InChI is InChI=1S/C11H13ClN4O4/c1-19-7-6(18)4(2-17)20-8(7)11-15-9(12)5-10(16-11)14-3-13-5/h3-4,6-8,17-18H,2H2,1H3,(H,13,14,15,16)/t4-,6-,7-,8-/m1/s1. The first-order valence-corrected chi connectivity index (χ1v) is 6.37. The number of nitrogens with zero attached hydrogens (tertiary/aromatic N) is 3. The third-order valence-corrected chi connectivity index (χ3v) is 3.58. The van der Waals surface area contributed by atoms with Gasteiger partial charge in [0.25, 0.3) is 0 Å². The molecule has 3 rings (SSSR count). The minimum absolute atomic E-state index is 0.211. The molecule has 3 heterocycles. The van der Waals surface area contributed by atoms with Gasteiger partial charge in [0, 0.05) is 7.11 Å². The van der Waals surface area contributed by atoms with Gasteiger partial charge in [0.15, 0.2) is 16.6 Å². The second kappa shape index (κ2) is 5.23. The number of aromatic nitrogens is 4. The fourth-order valence-electron chi connectivity index (χ4n) is 2.30. The van der Waals surface area contributed by atoms with Crippen LogP contribution in [0.5, 0.6) is 0 Å². The molecule has 9 heteroatoms. The van der Waals surface area contributed by atoms with Crippen LogP contribution in [0.15, 0.2) is 6.33 Å². The summed E-state index contributed by atoms with van der Waals surface area (Å²) in [4.78, 5) is 15.2. The number of aliphatic hydroxyl groups is 2. The Kier molecular flexibility index (Phi) is 3.57. The largest absolute Gasteiger partial charge is 0.394 e. The number of fused-ring (bicyclic) bond motifs is 1. The number of hydrogen-bond donors (Lipinski definition) is 3. The van der Waals surface area contributed by atoms with Crippen molar-refractivity contribution >= 4 is 22.8 Å². The summed E-state index contributed by atoms with van der Waals surface area (Å²) in [7, 11) is 1.44. The number of ether oxygens (including phenoxy) is 2. The zero-order chi connectivity index (χ0) is 14.3. The molecule has 2 aromatic rings. The van der Waals surface area contributed by atoms with Crippen molar-refractivity contribution in [2.24, 2.45) is 0 Å². The lowest BCUT2D eigenvalue weighted by Crippen LogP contribution is -2.34. The molecule has 4 atom stereocenters. The number of imidazole rings is 1. The van der Waals surface area contributed by atoms with Crippen molar-refractivity contribution in [3.05, 3.63) is 17.3 Å². The molecular weight excluding hydrogens is 288 g/mol. The smallest absolute Gasteiger partial charge is 0.182 e. The fourth-order valence-corrected chi connectivity index (χ4v) is 2.53. The van der Waals surface area contributed by atoms with Gasteiger partial charge in [-0.3, -0.25) is 0 Å². The van der Waals surface area contributed by atoms with Gasteiger partial charge in [-0.2, -0.15) is 0 Å². The molecule has 0 amide bonds. The Morgan fingerprint density at radius 3 is 3.00 bits per heavy atom. The van der Waals surface area contributed by atoms with E-state index in [-0.39, 0.29) is 17.6 Å². The Morgan fingerprint density at radius 2 is 2.30 bits per heavy atom. The summed E-state index contributed by atoms with van der Waals surface area (Å²) in [5, 5.41) is 19.4. The van der Waals surface area contributed by atoms with Gasteiger partial charge in [0.2, 0.25) is 0 Å². The summed E-state index contributed by atoms with van der Waals surface area (Å²) >= 11 is 6.05. The van der Waals surface area contributed by atoms with Crippen LogP contribution in [0, 0.1) is 0 Å². The van der Waals surface area contributed by atoms with E-state index < -0.39 is 24.4 Å². The highest BCUT2D eigenvalue weighted by Gasteiger charge is 2.46. The molecule has 0 aliphatic carbocycles. The Morgan fingerprint density at radius 1 is 1.50 bits per heavy atom. The quantitative estimate of drug-likeness (QED) is 0.673. The van der Waals surface area contributed by atoms with Gasteiger partial charge in [-0.15, -0.1) is 0 Å². The maximum Gasteiger partial charge on any atom is 0.182 e. The minimum Gasteiger partial charge on any atom is -0.394 e. The number of halogens is 1. The second-order valence-corrected chi connectivity index (χ2v) is 4.80. The topological polar surface area (TPSA) is 113 Å². The molecule has 1 aliphatic heterocycles. The van der Waals surface area contributed by atoms with Crippen LogP contribution in [-0.2, 0) is 9.47 Å². The number of H-pyrrole nitrogens is 1. The van der Waals surface area contributed by atoms with E-state index in [2.05, 4.69) is 19.9 Å². The third-order valence-electron chi connectivity index (χ3n) is 3.30. The average molecular weight is 301 g/mol. The molecule has 0 aromatic carbocycles. The summed E-state index contributed by atoms with van der Waals surface area (Å²) in [5.41, 5.74) is 0.932. The Balaban J connectivity index is 2.01. The van der Waals surface area contributed by atoms with Crippen molar-refractivity contribution in [1.82, 2.24) is 19.9 Å². The zero-order valence-electron chi connectivity index (χ0n) is 10.5. The molecule has 8 nitrogen and oxygen atoms in total. The Hall–Kier alpha value is -1.32. The molecule has 1 aliphatic rings. The van der Waals surface area contributed by atoms with E-state index in [1.54, 1.807) is 0 Å². The normalized spacial score (nSPS) is 30.2. The van der Waals surface area contributed by atoms with E-state index in [4.69, 9.17) is 21.1 Å². The predicted molar refractivity (Wildman–Crippen MR) is 68.2 cm³/mol. The van der Waals surface area contributed by atoms with Gasteiger partial charge in [0.05, 0.1) is 12.9 Å². The predicted octanol–water partition coefficient (Wildman–Crippen LogP) is -0.186. The molecule has 1 fully saturated rings. The zero-order valence-corrected chi connectivity index (χ0v) is 11.3. The van der Waals surface area contributed by atoms with Crippen molar-refractivity contribution in [2.45, 2.75) is 24.4 Å². The number of rotatable bonds is 3. The lowest BCUT2D eigenvalue weighted by molar-refractivity contribution is -0.0266. The number of nitrogens with one attached hydrogen (secondary N) is 1. The third kappa shape index (κ3) is 2.05. The molecule has 108 valence electrons. The van der Waals surface area contributed by atoms with E-state index in [0.29, 0.717) is 11.2 Å². The molecule has 3 N–H and O–H groups in total.